The smallest absolute Gasteiger partial charge is 0.255 e. The van der Waals surface area contributed by atoms with Crippen molar-refractivity contribution in [3.63, 3.8) is 0 Å². The normalized spacial score (nSPS) is 23.8. The van der Waals surface area contributed by atoms with Crippen LogP contribution in [0.5, 0.6) is 0 Å². The third-order valence-electron chi connectivity index (χ3n) is 7.06. The summed E-state index contributed by atoms with van der Waals surface area (Å²) in [6, 6.07) is 15.0. The van der Waals surface area contributed by atoms with Crippen LogP contribution in [0.15, 0.2) is 71.7 Å². The Morgan fingerprint density at radius 2 is 1.55 bits per heavy atom. The maximum Gasteiger partial charge on any atom is 0.255 e. The third-order valence-corrected chi connectivity index (χ3v) is 7.32. The minimum atomic E-state index is -0.996. The molecule has 0 bridgehead atoms. The van der Waals surface area contributed by atoms with Crippen molar-refractivity contribution in [2.24, 2.45) is 17.8 Å². The van der Waals surface area contributed by atoms with Gasteiger partial charge in [-0.2, -0.15) is 0 Å². The number of benzene rings is 2. The largest absolute Gasteiger partial charge is 0.372 e. The van der Waals surface area contributed by atoms with Gasteiger partial charge < -0.3 is 20.3 Å². The SMILES string of the molecule is CC1CN(C(=O)[C@H]2[C@H](C(=O)Nc3ccc(Cl)cc3)[C@@H]2C(=O)Nc2ccc(-n3ccccc3=O)cc2F)CC(C)O1. The van der Waals surface area contributed by atoms with Gasteiger partial charge in [0.25, 0.3) is 5.56 Å². The zero-order valence-electron chi connectivity index (χ0n) is 21.8. The molecule has 1 aliphatic heterocycles. The second-order valence-corrected chi connectivity index (χ2v) is 10.6. The third kappa shape index (κ3) is 5.78. The summed E-state index contributed by atoms with van der Waals surface area (Å²) < 4.78 is 22.0. The lowest BCUT2D eigenvalue weighted by Gasteiger charge is -2.35. The van der Waals surface area contributed by atoms with E-state index in [2.05, 4.69) is 10.6 Å². The highest BCUT2D eigenvalue weighted by atomic mass is 35.5. The summed E-state index contributed by atoms with van der Waals surface area (Å²) in [4.78, 5) is 53.8. The second-order valence-electron chi connectivity index (χ2n) is 10.1. The molecule has 2 unspecified atom stereocenters. The van der Waals surface area contributed by atoms with Gasteiger partial charge in [-0.25, -0.2) is 4.39 Å². The molecule has 2 aliphatic rings. The summed E-state index contributed by atoms with van der Waals surface area (Å²) in [7, 11) is 0. The number of rotatable bonds is 6. The minimum absolute atomic E-state index is 0.124. The molecular formula is C29H28ClFN4O5. The quantitative estimate of drug-likeness (QED) is 0.473. The highest BCUT2D eigenvalue weighted by Gasteiger charge is 2.63. The number of morpholine rings is 1. The van der Waals surface area contributed by atoms with Crippen LogP contribution in [0.4, 0.5) is 15.8 Å². The molecule has 1 saturated heterocycles. The fourth-order valence-electron chi connectivity index (χ4n) is 5.21. The average molecular weight is 567 g/mol. The summed E-state index contributed by atoms with van der Waals surface area (Å²) in [5, 5.41) is 5.78. The van der Waals surface area contributed by atoms with Crippen LogP contribution >= 0.6 is 11.6 Å². The predicted octanol–water partition coefficient (Wildman–Crippen LogP) is 3.71. The van der Waals surface area contributed by atoms with E-state index in [1.165, 1.54) is 29.0 Å². The van der Waals surface area contributed by atoms with Crippen LogP contribution in [0.25, 0.3) is 5.69 Å². The molecule has 0 spiro atoms. The van der Waals surface area contributed by atoms with E-state index in [0.717, 1.165) is 6.07 Å². The zero-order chi connectivity index (χ0) is 28.6. The van der Waals surface area contributed by atoms with Gasteiger partial charge in [-0.1, -0.05) is 17.7 Å². The van der Waals surface area contributed by atoms with E-state index in [4.69, 9.17) is 16.3 Å². The van der Waals surface area contributed by atoms with E-state index in [-0.39, 0.29) is 35.0 Å². The van der Waals surface area contributed by atoms with Crippen molar-refractivity contribution in [3.05, 3.63) is 88.1 Å². The molecule has 40 heavy (non-hydrogen) atoms. The van der Waals surface area contributed by atoms with Crippen molar-refractivity contribution >= 4 is 40.7 Å². The molecule has 1 aliphatic carbocycles. The first-order valence-corrected chi connectivity index (χ1v) is 13.3. The van der Waals surface area contributed by atoms with Gasteiger partial charge in [0.05, 0.1) is 41.3 Å². The highest BCUT2D eigenvalue weighted by molar-refractivity contribution is 6.30. The number of carbonyl (C=O) groups is 3. The molecule has 5 rings (SSSR count). The second kappa shape index (κ2) is 11.2. The molecule has 1 aromatic heterocycles. The van der Waals surface area contributed by atoms with Crippen LogP contribution in [0.1, 0.15) is 13.8 Å². The number of nitrogens with one attached hydrogen (secondary N) is 2. The van der Waals surface area contributed by atoms with Gasteiger partial charge in [0.1, 0.15) is 5.82 Å². The molecule has 208 valence electrons. The van der Waals surface area contributed by atoms with E-state index in [9.17, 15) is 19.2 Å². The molecule has 2 N–H and O–H groups in total. The van der Waals surface area contributed by atoms with Crippen LogP contribution in [0.3, 0.4) is 0 Å². The Labute approximate surface area is 234 Å². The Balaban J connectivity index is 1.36. The van der Waals surface area contributed by atoms with Gasteiger partial charge in [-0.3, -0.25) is 23.7 Å². The molecule has 1 saturated carbocycles. The highest BCUT2D eigenvalue weighted by Crippen LogP contribution is 2.49. The van der Waals surface area contributed by atoms with Crippen molar-refractivity contribution in [3.8, 4) is 5.69 Å². The summed E-state index contributed by atoms with van der Waals surface area (Å²) in [5.41, 5.74) is 0.301. The molecule has 2 fully saturated rings. The van der Waals surface area contributed by atoms with Gasteiger partial charge in [0.2, 0.25) is 17.7 Å². The predicted molar refractivity (Wildman–Crippen MR) is 148 cm³/mol. The van der Waals surface area contributed by atoms with Crippen molar-refractivity contribution < 1.29 is 23.5 Å². The lowest BCUT2D eigenvalue weighted by molar-refractivity contribution is -0.146. The van der Waals surface area contributed by atoms with Gasteiger partial charge in [-0.05, 0) is 56.3 Å². The lowest BCUT2D eigenvalue weighted by atomic mass is 10.2. The molecule has 5 atom stereocenters. The Morgan fingerprint density at radius 3 is 2.17 bits per heavy atom. The number of anilines is 2. The number of hydrogen-bond acceptors (Lipinski definition) is 5. The number of nitrogens with zero attached hydrogens (tertiary/aromatic N) is 2. The fraction of sp³-hybridized carbons (Fsp3) is 0.310. The number of halogens is 2. The van der Waals surface area contributed by atoms with E-state index in [1.54, 1.807) is 41.3 Å². The Bertz CT molecular complexity index is 1500. The van der Waals surface area contributed by atoms with E-state index < -0.39 is 35.4 Å². The molecular weight excluding hydrogens is 539 g/mol. The topological polar surface area (TPSA) is 110 Å². The van der Waals surface area contributed by atoms with Crippen LogP contribution < -0.4 is 16.2 Å². The van der Waals surface area contributed by atoms with E-state index in [1.807, 2.05) is 13.8 Å². The summed E-state index contributed by atoms with van der Waals surface area (Å²) in [6.07, 6.45) is 1.13. The van der Waals surface area contributed by atoms with E-state index >= 15 is 4.39 Å². The zero-order valence-corrected chi connectivity index (χ0v) is 22.6. The lowest BCUT2D eigenvalue weighted by Crippen LogP contribution is -2.49. The molecule has 2 aromatic carbocycles. The van der Waals surface area contributed by atoms with Gasteiger partial charge in [0, 0.05) is 42.1 Å². The van der Waals surface area contributed by atoms with Gasteiger partial charge >= 0.3 is 0 Å². The van der Waals surface area contributed by atoms with Crippen molar-refractivity contribution in [2.45, 2.75) is 26.1 Å². The van der Waals surface area contributed by atoms with Crippen LogP contribution in [-0.4, -0.2) is 52.5 Å². The number of ether oxygens (including phenoxy) is 1. The molecule has 11 heteroatoms. The minimum Gasteiger partial charge on any atom is -0.372 e. The van der Waals surface area contributed by atoms with Crippen LogP contribution in [0.2, 0.25) is 5.02 Å². The standard InChI is InChI=1S/C29H28ClFN4O5/c1-16-14-34(15-17(2)40-16)29(39)26-24(27(37)32-19-8-6-18(30)7-9-19)25(26)28(38)33-22-11-10-20(13-21(22)31)35-12-4-3-5-23(35)36/h3-13,16-17,24-26H,14-15H2,1-2H3,(H,32,37)(H,33,38)/t16?,17?,24-,25+,26+/m1/s1. The molecule has 3 amide bonds. The monoisotopic (exact) mass is 566 g/mol. The van der Waals surface area contributed by atoms with Crippen LogP contribution in [0, 0.1) is 23.6 Å². The molecule has 0 radical (unpaired) electrons. The van der Waals surface area contributed by atoms with E-state index in [0.29, 0.717) is 23.8 Å². The number of hydrogen-bond donors (Lipinski definition) is 2. The molecule has 9 nitrogen and oxygen atoms in total. The Kier molecular flexibility index (Phi) is 7.73. The summed E-state index contributed by atoms with van der Waals surface area (Å²) in [6.45, 7) is 4.39. The number of carbonyl (C=O) groups excluding carboxylic acids is 3. The van der Waals surface area contributed by atoms with Crippen molar-refractivity contribution in [2.75, 3.05) is 23.7 Å². The number of aromatic nitrogens is 1. The molecule has 2 heterocycles. The average Bonchev–Trinajstić information content (AvgIpc) is 3.67. The summed E-state index contributed by atoms with van der Waals surface area (Å²) in [5.74, 6) is -5.07. The fourth-order valence-corrected chi connectivity index (χ4v) is 5.34. The number of amides is 3. The Morgan fingerprint density at radius 1 is 0.900 bits per heavy atom. The summed E-state index contributed by atoms with van der Waals surface area (Å²) >= 11 is 5.93. The van der Waals surface area contributed by atoms with Crippen molar-refractivity contribution in [1.82, 2.24) is 9.47 Å². The van der Waals surface area contributed by atoms with Crippen LogP contribution in [-0.2, 0) is 19.1 Å². The van der Waals surface area contributed by atoms with Gasteiger partial charge in [-0.15, -0.1) is 0 Å². The maximum atomic E-state index is 15.0. The van der Waals surface area contributed by atoms with Gasteiger partial charge in [0.15, 0.2) is 0 Å². The first kappa shape index (κ1) is 27.5. The first-order chi connectivity index (χ1) is 19.1. The first-order valence-electron chi connectivity index (χ1n) is 12.9. The molecule has 3 aromatic rings. The Hall–Kier alpha value is -4.02. The number of pyridine rings is 1. The van der Waals surface area contributed by atoms with Crippen molar-refractivity contribution in [1.29, 1.82) is 0 Å². The maximum absolute atomic E-state index is 15.0.